The Balaban J connectivity index is 2.18. The van der Waals surface area contributed by atoms with Crippen molar-refractivity contribution >= 4 is 16.7 Å². The number of phenolic OH excluding ortho intramolecular Hbond substituents is 1. The van der Waals surface area contributed by atoms with E-state index in [2.05, 4.69) is 5.32 Å². The van der Waals surface area contributed by atoms with Gasteiger partial charge in [-0.05, 0) is 5.39 Å². The highest BCUT2D eigenvalue weighted by atomic mass is 16.5. The van der Waals surface area contributed by atoms with Gasteiger partial charge in [0, 0.05) is 24.0 Å². The molecule has 6 nitrogen and oxygen atoms in total. The summed E-state index contributed by atoms with van der Waals surface area (Å²) < 4.78 is 0. The minimum atomic E-state index is -0.717. The molecule has 2 rings (SSSR count). The second-order valence-electron chi connectivity index (χ2n) is 4.44. The monoisotopic (exact) mass is 275 g/mol. The van der Waals surface area contributed by atoms with E-state index in [1.807, 2.05) is 30.3 Å². The Morgan fingerprint density at radius 3 is 2.70 bits per heavy atom. The molecule has 106 valence electrons. The predicted molar refractivity (Wildman–Crippen MR) is 75.2 cm³/mol. The van der Waals surface area contributed by atoms with Crippen molar-refractivity contribution in [2.45, 2.75) is 12.6 Å². The van der Waals surface area contributed by atoms with Crippen molar-refractivity contribution in [2.75, 3.05) is 6.54 Å². The minimum Gasteiger partial charge on any atom is -0.507 e. The molecule has 6 heteroatoms. The van der Waals surface area contributed by atoms with Crippen molar-refractivity contribution < 1.29 is 15.1 Å². The van der Waals surface area contributed by atoms with Crippen LogP contribution in [-0.4, -0.2) is 28.8 Å². The van der Waals surface area contributed by atoms with Crippen LogP contribution in [-0.2, 0) is 11.3 Å². The van der Waals surface area contributed by atoms with Crippen LogP contribution in [0.15, 0.2) is 36.4 Å². The zero-order chi connectivity index (χ0) is 14.5. The van der Waals surface area contributed by atoms with Crippen LogP contribution in [0.3, 0.4) is 0 Å². The summed E-state index contributed by atoms with van der Waals surface area (Å²) >= 11 is 0. The lowest BCUT2D eigenvalue weighted by molar-refractivity contribution is -0.131. The van der Waals surface area contributed by atoms with Crippen LogP contribution >= 0.6 is 0 Å². The molecule has 0 heterocycles. The van der Waals surface area contributed by atoms with Crippen molar-refractivity contribution in [3.63, 3.8) is 0 Å². The molecule has 2 aromatic carbocycles. The third-order valence-electron chi connectivity index (χ3n) is 3.19. The van der Waals surface area contributed by atoms with Crippen LogP contribution in [0.4, 0.5) is 0 Å². The number of carbonyl (C=O) groups is 1. The first-order valence-electron chi connectivity index (χ1n) is 6.24. The molecule has 1 amide bonds. The Hall–Kier alpha value is -2.15. The number of rotatable bonds is 5. The maximum Gasteiger partial charge on any atom is 0.261 e. The van der Waals surface area contributed by atoms with E-state index in [1.165, 1.54) is 0 Å². The normalized spacial score (nSPS) is 12.3. The van der Waals surface area contributed by atoms with Crippen LogP contribution in [0.1, 0.15) is 5.56 Å². The number of nitrogens with one attached hydrogen (secondary N) is 2. The van der Waals surface area contributed by atoms with E-state index in [9.17, 15) is 9.90 Å². The zero-order valence-corrected chi connectivity index (χ0v) is 10.8. The van der Waals surface area contributed by atoms with Crippen molar-refractivity contribution in [1.82, 2.24) is 10.8 Å². The number of carbonyl (C=O) groups excluding carboxylic acids is 1. The molecule has 0 aliphatic carbocycles. The fourth-order valence-electron chi connectivity index (χ4n) is 2.04. The van der Waals surface area contributed by atoms with Gasteiger partial charge in [0.1, 0.15) is 11.8 Å². The van der Waals surface area contributed by atoms with E-state index in [-0.39, 0.29) is 18.8 Å². The minimum absolute atomic E-state index is 0.0424. The van der Waals surface area contributed by atoms with Gasteiger partial charge in [0.15, 0.2) is 0 Å². The summed E-state index contributed by atoms with van der Waals surface area (Å²) in [5, 5.41) is 23.4. The molecule has 2 aromatic rings. The van der Waals surface area contributed by atoms with Crippen LogP contribution in [0.2, 0.25) is 0 Å². The summed E-state index contributed by atoms with van der Waals surface area (Å²) in [6.45, 7) is 0.312. The van der Waals surface area contributed by atoms with Crippen molar-refractivity contribution in [3.8, 4) is 5.75 Å². The van der Waals surface area contributed by atoms with Crippen LogP contribution in [0, 0.1) is 0 Å². The summed E-state index contributed by atoms with van der Waals surface area (Å²) in [5.41, 5.74) is 7.66. The first-order valence-corrected chi connectivity index (χ1v) is 6.24. The molecule has 0 fully saturated rings. The molecule has 0 aromatic heterocycles. The first-order chi connectivity index (χ1) is 9.67. The standard InChI is InChI=1S/C14H17N3O3/c15-7-12(14(19)17-20)16-8-10-6-5-9-3-1-2-4-11(9)13(10)18/h1-6,12,16,18,20H,7-8,15H2,(H,17,19)/t12-/m0/s1. The number of hydroxylamine groups is 1. The first kappa shape index (κ1) is 14.3. The lowest BCUT2D eigenvalue weighted by atomic mass is 10.1. The maximum absolute atomic E-state index is 11.3. The van der Waals surface area contributed by atoms with Gasteiger partial charge in [-0.15, -0.1) is 0 Å². The fraction of sp³-hybridized carbons (Fsp3) is 0.214. The zero-order valence-electron chi connectivity index (χ0n) is 10.8. The number of benzene rings is 2. The molecule has 1 atom stereocenters. The van der Waals surface area contributed by atoms with Gasteiger partial charge in [0.05, 0.1) is 0 Å². The van der Waals surface area contributed by atoms with Crippen molar-refractivity contribution in [1.29, 1.82) is 0 Å². The van der Waals surface area contributed by atoms with Gasteiger partial charge in [-0.25, -0.2) is 5.48 Å². The van der Waals surface area contributed by atoms with E-state index in [1.54, 1.807) is 11.5 Å². The van der Waals surface area contributed by atoms with Crippen molar-refractivity contribution in [2.24, 2.45) is 5.73 Å². The molecule has 0 aliphatic heterocycles. The third kappa shape index (κ3) is 2.88. The topological polar surface area (TPSA) is 108 Å². The summed E-state index contributed by atoms with van der Waals surface area (Å²) in [6, 6.07) is 10.5. The Bertz CT molecular complexity index is 616. The van der Waals surface area contributed by atoms with E-state index < -0.39 is 11.9 Å². The molecule has 0 unspecified atom stereocenters. The Labute approximate surface area is 116 Å². The number of phenols is 1. The Kier molecular flexibility index (Phi) is 4.52. The summed E-state index contributed by atoms with van der Waals surface area (Å²) in [5.74, 6) is -0.427. The summed E-state index contributed by atoms with van der Waals surface area (Å²) in [6.07, 6.45) is 0. The van der Waals surface area contributed by atoms with Crippen LogP contribution < -0.4 is 16.5 Å². The number of fused-ring (bicyclic) bond motifs is 1. The van der Waals surface area contributed by atoms with Crippen LogP contribution in [0.25, 0.3) is 10.8 Å². The molecular weight excluding hydrogens is 258 g/mol. The van der Waals surface area contributed by atoms with Crippen LogP contribution in [0.5, 0.6) is 5.75 Å². The molecule has 6 N–H and O–H groups in total. The molecule has 0 spiro atoms. The smallest absolute Gasteiger partial charge is 0.261 e. The maximum atomic E-state index is 11.3. The SMILES string of the molecule is NC[C@H](NCc1ccc2ccccc2c1O)C(=O)NO. The van der Waals surface area contributed by atoms with Gasteiger partial charge in [0.2, 0.25) is 0 Å². The van der Waals surface area contributed by atoms with Gasteiger partial charge in [-0.3, -0.25) is 10.0 Å². The average molecular weight is 275 g/mol. The lowest BCUT2D eigenvalue weighted by Crippen LogP contribution is -2.47. The molecule has 0 radical (unpaired) electrons. The average Bonchev–Trinajstić information content (AvgIpc) is 2.49. The number of hydrogen-bond donors (Lipinski definition) is 5. The molecule has 0 saturated carbocycles. The highest BCUT2D eigenvalue weighted by molar-refractivity contribution is 5.89. The predicted octanol–water partition coefficient (Wildman–Crippen LogP) is 0.468. The van der Waals surface area contributed by atoms with Gasteiger partial charge >= 0.3 is 0 Å². The van der Waals surface area contributed by atoms with E-state index in [0.717, 1.165) is 10.8 Å². The summed E-state index contributed by atoms with van der Waals surface area (Å²) in [7, 11) is 0. The molecule has 0 saturated heterocycles. The number of amides is 1. The highest BCUT2D eigenvalue weighted by Gasteiger charge is 2.16. The Morgan fingerprint density at radius 1 is 1.25 bits per heavy atom. The molecule has 20 heavy (non-hydrogen) atoms. The molecular formula is C14H17N3O3. The second kappa shape index (κ2) is 6.33. The van der Waals surface area contributed by atoms with Gasteiger partial charge in [0.25, 0.3) is 5.91 Å². The van der Waals surface area contributed by atoms with Gasteiger partial charge in [-0.2, -0.15) is 0 Å². The number of nitrogens with two attached hydrogens (primary N) is 1. The van der Waals surface area contributed by atoms with E-state index in [4.69, 9.17) is 10.9 Å². The molecule has 0 aliphatic rings. The molecule has 0 bridgehead atoms. The quantitative estimate of drug-likeness (QED) is 0.403. The van der Waals surface area contributed by atoms with E-state index in [0.29, 0.717) is 5.56 Å². The fourth-order valence-corrected chi connectivity index (χ4v) is 2.04. The van der Waals surface area contributed by atoms with Gasteiger partial charge in [-0.1, -0.05) is 36.4 Å². The largest absolute Gasteiger partial charge is 0.507 e. The Morgan fingerprint density at radius 2 is 2.00 bits per heavy atom. The highest BCUT2D eigenvalue weighted by Crippen LogP contribution is 2.28. The van der Waals surface area contributed by atoms with Crippen molar-refractivity contribution in [3.05, 3.63) is 42.0 Å². The second-order valence-corrected chi connectivity index (χ2v) is 4.44. The van der Waals surface area contributed by atoms with E-state index >= 15 is 0 Å². The lowest BCUT2D eigenvalue weighted by Gasteiger charge is -2.15. The number of aromatic hydroxyl groups is 1. The number of hydrogen-bond acceptors (Lipinski definition) is 5. The van der Waals surface area contributed by atoms with Gasteiger partial charge < -0.3 is 16.2 Å². The summed E-state index contributed by atoms with van der Waals surface area (Å²) in [4.78, 5) is 11.3. The third-order valence-corrected chi connectivity index (χ3v) is 3.19.